The number of nitrogens with zero attached hydrogens (tertiary/aromatic N) is 3. The summed E-state index contributed by atoms with van der Waals surface area (Å²) in [5.41, 5.74) is 3.04. The standard InChI is InChI=1S/C23H25N3O4/c1-4-29-19-11-9-16(13-20(19)28-3)22-24-23(30-25-22)18-10-12-21(27)26(18)14-17-8-6-5-7-15(17)2/h5-9,11,13,18H,4,10,12,14H2,1-3H3. The normalized spacial score (nSPS) is 16.2. The Morgan fingerprint density at radius 3 is 2.80 bits per heavy atom. The molecule has 1 fully saturated rings. The quantitative estimate of drug-likeness (QED) is 0.581. The lowest BCUT2D eigenvalue weighted by atomic mass is 10.1. The molecule has 7 nitrogen and oxygen atoms in total. The van der Waals surface area contributed by atoms with Crippen molar-refractivity contribution in [3.05, 3.63) is 59.5 Å². The Kier molecular flexibility index (Phi) is 5.70. The molecule has 4 rings (SSSR count). The number of hydrogen-bond acceptors (Lipinski definition) is 6. The Morgan fingerprint density at radius 2 is 2.03 bits per heavy atom. The van der Waals surface area contributed by atoms with E-state index in [1.807, 2.05) is 48.2 Å². The number of ether oxygens (including phenoxy) is 2. The highest BCUT2D eigenvalue weighted by molar-refractivity contribution is 5.79. The van der Waals surface area contributed by atoms with Crippen molar-refractivity contribution in [1.82, 2.24) is 15.0 Å². The average molecular weight is 407 g/mol. The summed E-state index contributed by atoms with van der Waals surface area (Å²) >= 11 is 0. The van der Waals surface area contributed by atoms with Gasteiger partial charge in [-0.05, 0) is 49.6 Å². The number of hydrogen-bond donors (Lipinski definition) is 0. The first-order valence-electron chi connectivity index (χ1n) is 10.1. The zero-order chi connectivity index (χ0) is 21.1. The molecule has 1 aromatic heterocycles. The molecule has 0 N–H and O–H groups in total. The third-order valence-corrected chi connectivity index (χ3v) is 5.38. The number of carbonyl (C=O) groups is 1. The first-order valence-corrected chi connectivity index (χ1v) is 10.1. The van der Waals surface area contributed by atoms with E-state index in [2.05, 4.69) is 23.1 Å². The van der Waals surface area contributed by atoms with Crippen LogP contribution in [0.15, 0.2) is 47.0 Å². The number of likely N-dealkylation sites (tertiary alicyclic amines) is 1. The lowest BCUT2D eigenvalue weighted by Gasteiger charge is -2.23. The highest BCUT2D eigenvalue weighted by atomic mass is 16.5. The Balaban J connectivity index is 1.58. The molecule has 0 bridgehead atoms. The monoisotopic (exact) mass is 407 g/mol. The van der Waals surface area contributed by atoms with Crippen LogP contribution in [-0.4, -0.2) is 34.7 Å². The topological polar surface area (TPSA) is 77.7 Å². The van der Waals surface area contributed by atoms with E-state index in [4.69, 9.17) is 14.0 Å². The second-order valence-corrected chi connectivity index (χ2v) is 7.26. The van der Waals surface area contributed by atoms with E-state index < -0.39 is 0 Å². The summed E-state index contributed by atoms with van der Waals surface area (Å²) in [5.74, 6) is 2.29. The van der Waals surface area contributed by atoms with Crippen LogP contribution in [0.3, 0.4) is 0 Å². The van der Waals surface area contributed by atoms with E-state index in [-0.39, 0.29) is 11.9 Å². The molecule has 0 spiro atoms. The predicted molar refractivity (Wildman–Crippen MR) is 111 cm³/mol. The van der Waals surface area contributed by atoms with E-state index in [1.54, 1.807) is 7.11 Å². The van der Waals surface area contributed by atoms with E-state index in [1.165, 1.54) is 0 Å². The summed E-state index contributed by atoms with van der Waals surface area (Å²) in [4.78, 5) is 19.0. The number of amides is 1. The summed E-state index contributed by atoms with van der Waals surface area (Å²) in [6.07, 6.45) is 1.14. The SMILES string of the molecule is CCOc1ccc(-c2noc(C3CCC(=O)N3Cc3ccccc3C)n2)cc1OC. The summed E-state index contributed by atoms with van der Waals surface area (Å²) < 4.78 is 16.5. The number of rotatable bonds is 7. The number of benzene rings is 2. The van der Waals surface area contributed by atoms with Gasteiger partial charge in [0.1, 0.15) is 6.04 Å². The van der Waals surface area contributed by atoms with E-state index in [0.29, 0.717) is 49.2 Å². The van der Waals surface area contributed by atoms with Gasteiger partial charge in [-0.25, -0.2) is 0 Å². The molecule has 1 atom stereocenters. The Morgan fingerprint density at radius 1 is 1.20 bits per heavy atom. The van der Waals surface area contributed by atoms with Crippen molar-refractivity contribution in [2.45, 2.75) is 39.3 Å². The maximum Gasteiger partial charge on any atom is 0.249 e. The first kappa shape index (κ1) is 19.9. The van der Waals surface area contributed by atoms with Crippen LogP contribution in [0.2, 0.25) is 0 Å². The second kappa shape index (κ2) is 8.57. The van der Waals surface area contributed by atoms with Crippen LogP contribution in [0, 0.1) is 6.92 Å². The van der Waals surface area contributed by atoms with Crippen LogP contribution in [0.1, 0.15) is 42.8 Å². The predicted octanol–water partition coefficient (Wildman–Crippen LogP) is 4.32. The molecule has 0 aliphatic carbocycles. The van der Waals surface area contributed by atoms with Crippen LogP contribution in [-0.2, 0) is 11.3 Å². The van der Waals surface area contributed by atoms with Gasteiger partial charge in [0.15, 0.2) is 11.5 Å². The van der Waals surface area contributed by atoms with Gasteiger partial charge in [0.05, 0.1) is 13.7 Å². The summed E-state index contributed by atoms with van der Waals surface area (Å²) in [7, 11) is 1.59. The minimum atomic E-state index is -0.219. The molecule has 1 unspecified atom stereocenters. The molecule has 156 valence electrons. The zero-order valence-corrected chi connectivity index (χ0v) is 17.4. The molecule has 0 saturated carbocycles. The van der Waals surface area contributed by atoms with E-state index in [0.717, 1.165) is 16.7 Å². The zero-order valence-electron chi connectivity index (χ0n) is 17.4. The number of aromatic nitrogens is 2. The van der Waals surface area contributed by atoms with Crippen molar-refractivity contribution >= 4 is 5.91 Å². The third kappa shape index (κ3) is 3.87. The molecule has 1 aliphatic rings. The minimum Gasteiger partial charge on any atom is -0.493 e. The van der Waals surface area contributed by atoms with Crippen molar-refractivity contribution in [3.63, 3.8) is 0 Å². The lowest BCUT2D eigenvalue weighted by Crippen LogP contribution is -2.27. The molecule has 2 aromatic carbocycles. The first-order chi connectivity index (χ1) is 14.6. The van der Waals surface area contributed by atoms with Crippen LogP contribution in [0.5, 0.6) is 11.5 Å². The van der Waals surface area contributed by atoms with Gasteiger partial charge in [-0.3, -0.25) is 4.79 Å². The molecule has 0 radical (unpaired) electrons. The van der Waals surface area contributed by atoms with Gasteiger partial charge in [0.2, 0.25) is 17.6 Å². The van der Waals surface area contributed by atoms with Gasteiger partial charge in [0.25, 0.3) is 0 Å². The minimum absolute atomic E-state index is 0.103. The molecule has 7 heteroatoms. The fourth-order valence-corrected chi connectivity index (χ4v) is 3.73. The lowest BCUT2D eigenvalue weighted by molar-refractivity contribution is -0.130. The smallest absolute Gasteiger partial charge is 0.249 e. The average Bonchev–Trinajstić information content (AvgIpc) is 3.37. The van der Waals surface area contributed by atoms with Gasteiger partial charge < -0.3 is 18.9 Å². The molecule has 1 aliphatic heterocycles. The molecule has 1 saturated heterocycles. The summed E-state index contributed by atoms with van der Waals surface area (Å²) in [5, 5.41) is 4.15. The largest absolute Gasteiger partial charge is 0.493 e. The number of aryl methyl sites for hydroxylation is 1. The molecule has 2 heterocycles. The van der Waals surface area contributed by atoms with Gasteiger partial charge in [-0.15, -0.1) is 0 Å². The molecule has 1 amide bonds. The Labute approximate surface area is 175 Å². The van der Waals surface area contributed by atoms with Crippen LogP contribution in [0.4, 0.5) is 0 Å². The van der Waals surface area contributed by atoms with E-state index >= 15 is 0 Å². The van der Waals surface area contributed by atoms with Crippen molar-refractivity contribution in [2.75, 3.05) is 13.7 Å². The Hall–Kier alpha value is -3.35. The van der Waals surface area contributed by atoms with Crippen molar-refractivity contribution in [2.24, 2.45) is 0 Å². The second-order valence-electron chi connectivity index (χ2n) is 7.26. The number of carbonyl (C=O) groups excluding carboxylic acids is 1. The number of methoxy groups -OCH3 is 1. The van der Waals surface area contributed by atoms with Crippen LogP contribution >= 0.6 is 0 Å². The Bertz CT molecular complexity index is 1050. The highest BCUT2D eigenvalue weighted by Gasteiger charge is 2.36. The highest BCUT2D eigenvalue weighted by Crippen LogP contribution is 2.36. The fraction of sp³-hybridized carbons (Fsp3) is 0.348. The van der Waals surface area contributed by atoms with Gasteiger partial charge in [-0.1, -0.05) is 29.4 Å². The van der Waals surface area contributed by atoms with Crippen molar-refractivity contribution in [3.8, 4) is 22.9 Å². The third-order valence-electron chi connectivity index (χ3n) is 5.38. The maximum atomic E-state index is 12.5. The van der Waals surface area contributed by atoms with Crippen LogP contribution in [0.25, 0.3) is 11.4 Å². The van der Waals surface area contributed by atoms with E-state index in [9.17, 15) is 4.79 Å². The maximum absolute atomic E-state index is 12.5. The van der Waals surface area contributed by atoms with Gasteiger partial charge in [-0.2, -0.15) is 4.98 Å². The van der Waals surface area contributed by atoms with Gasteiger partial charge >= 0.3 is 0 Å². The fourth-order valence-electron chi connectivity index (χ4n) is 3.73. The summed E-state index contributed by atoms with van der Waals surface area (Å²) in [6.45, 7) is 5.05. The molecule has 30 heavy (non-hydrogen) atoms. The molecular formula is C23H25N3O4. The summed E-state index contributed by atoms with van der Waals surface area (Å²) in [6, 6.07) is 13.4. The molecular weight excluding hydrogens is 382 g/mol. The van der Waals surface area contributed by atoms with Crippen molar-refractivity contribution < 1.29 is 18.8 Å². The van der Waals surface area contributed by atoms with Gasteiger partial charge in [0, 0.05) is 18.5 Å². The van der Waals surface area contributed by atoms with Crippen molar-refractivity contribution in [1.29, 1.82) is 0 Å². The van der Waals surface area contributed by atoms with Crippen LogP contribution < -0.4 is 9.47 Å². The molecule has 3 aromatic rings.